The fraction of sp³-hybridized carbons (Fsp3) is 0.211. The molecule has 0 bridgehead atoms. The average Bonchev–Trinajstić information content (AvgIpc) is 2.89. The molecule has 0 heterocycles. The van der Waals surface area contributed by atoms with E-state index in [1.165, 1.54) is 0 Å². The minimum Gasteiger partial charge on any atom is -0.507 e. The molecule has 0 aliphatic heterocycles. The second-order valence-corrected chi connectivity index (χ2v) is 5.53. The number of allylic oxidation sites excluding steroid dienone is 1. The topological polar surface area (TPSA) is 37.3 Å². The van der Waals surface area contributed by atoms with E-state index < -0.39 is 0 Å². The maximum atomic E-state index is 12.1. The molecule has 106 valence electrons. The first-order chi connectivity index (χ1) is 10.1. The van der Waals surface area contributed by atoms with Crippen molar-refractivity contribution in [2.75, 3.05) is 0 Å². The smallest absolute Gasteiger partial charge is 0.167 e. The Morgan fingerprint density at radius 2 is 1.95 bits per heavy atom. The highest BCUT2D eigenvalue weighted by molar-refractivity contribution is 6.03. The molecule has 1 atom stereocenters. The number of carbonyl (C=O) groups excluding carboxylic acids is 1. The molecule has 21 heavy (non-hydrogen) atoms. The summed E-state index contributed by atoms with van der Waals surface area (Å²) in [6, 6.07) is 11.9. The molecule has 1 unspecified atom stereocenters. The van der Waals surface area contributed by atoms with Crippen LogP contribution in [0.4, 0.5) is 0 Å². The van der Waals surface area contributed by atoms with E-state index >= 15 is 0 Å². The van der Waals surface area contributed by atoms with Crippen molar-refractivity contribution in [2.45, 2.75) is 25.7 Å². The lowest BCUT2D eigenvalue weighted by Crippen LogP contribution is -2.03. The number of ketones is 1. The zero-order valence-corrected chi connectivity index (χ0v) is 12.1. The highest BCUT2D eigenvalue weighted by Gasteiger charge is 2.28. The second kappa shape index (κ2) is 5.21. The molecule has 2 nitrogen and oxygen atoms in total. The van der Waals surface area contributed by atoms with Gasteiger partial charge in [0.1, 0.15) is 5.75 Å². The largest absolute Gasteiger partial charge is 0.507 e. The first-order valence-electron chi connectivity index (χ1n) is 7.19. The van der Waals surface area contributed by atoms with Gasteiger partial charge < -0.3 is 5.11 Å². The summed E-state index contributed by atoms with van der Waals surface area (Å²) in [5, 5.41) is 10.6. The summed E-state index contributed by atoms with van der Waals surface area (Å²) in [7, 11) is 0. The van der Waals surface area contributed by atoms with E-state index in [4.69, 9.17) is 0 Å². The van der Waals surface area contributed by atoms with Crippen molar-refractivity contribution in [2.24, 2.45) is 0 Å². The van der Waals surface area contributed by atoms with E-state index in [-0.39, 0.29) is 17.5 Å². The van der Waals surface area contributed by atoms with Crippen LogP contribution in [-0.2, 0) is 6.42 Å². The van der Waals surface area contributed by atoms with Gasteiger partial charge in [0.2, 0.25) is 0 Å². The van der Waals surface area contributed by atoms with Crippen LogP contribution in [0.25, 0.3) is 0 Å². The first kappa shape index (κ1) is 13.6. The predicted octanol–water partition coefficient (Wildman–Crippen LogP) is 4.15. The van der Waals surface area contributed by atoms with Gasteiger partial charge in [0.15, 0.2) is 5.78 Å². The highest BCUT2D eigenvalue weighted by Crippen LogP contribution is 2.40. The minimum absolute atomic E-state index is 0.0447. The van der Waals surface area contributed by atoms with Crippen molar-refractivity contribution in [3.63, 3.8) is 0 Å². The van der Waals surface area contributed by atoms with E-state index in [1.807, 2.05) is 49.4 Å². The van der Waals surface area contributed by atoms with Gasteiger partial charge in [0, 0.05) is 17.9 Å². The molecule has 0 spiro atoms. The Morgan fingerprint density at radius 1 is 1.24 bits per heavy atom. The lowest BCUT2D eigenvalue weighted by molar-refractivity contribution is 0.0992. The van der Waals surface area contributed by atoms with Crippen LogP contribution in [0.2, 0.25) is 0 Å². The number of benzene rings is 2. The second-order valence-electron chi connectivity index (χ2n) is 5.53. The standard InChI is InChI=1S/C19H18O2/c1-3-14(13-7-5-4-6-8-13)16-11-12(2)15-9-10-17(20)18(15)19(16)21/h3-8,11,14,21H,1,9-10H2,2H3. The number of fused-ring (bicyclic) bond motifs is 1. The third kappa shape index (κ3) is 2.17. The third-order valence-electron chi connectivity index (χ3n) is 4.27. The Labute approximate surface area is 124 Å². The van der Waals surface area contributed by atoms with Gasteiger partial charge in [-0.1, -0.05) is 42.5 Å². The quantitative estimate of drug-likeness (QED) is 0.856. The van der Waals surface area contributed by atoms with Crippen molar-refractivity contribution < 1.29 is 9.90 Å². The van der Waals surface area contributed by atoms with E-state index in [0.717, 1.165) is 28.7 Å². The fourth-order valence-corrected chi connectivity index (χ4v) is 3.20. The van der Waals surface area contributed by atoms with E-state index in [1.54, 1.807) is 0 Å². The summed E-state index contributed by atoms with van der Waals surface area (Å²) in [6.45, 7) is 5.91. The van der Waals surface area contributed by atoms with Gasteiger partial charge in [-0.25, -0.2) is 0 Å². The van der Waals surface area contributed by atoms with Gasteiger partial charge in [0.25, 0.3) is 0 Å². The van der Waals surface area contributed by atoms with Gasteiger partial charge in [-0.15, -0.1) is 6.58 Å². The van der Waals surface area contributed by atoms with Crippen molar-refractivity contribution >= 4 is 5.78 Å². The van der Waals surface area contributed by atoms with Gasteiger partial charge in [-0.05, 0) is 30.0 Å². The number of hydrogen-bond acceptors (Lipinski definition) is 2. The van der Waals surface area contributed by atoms with Crippen LogP contribution in [0.3, 0.4) is 0 Å². The number of aromatic hydroxyl groups is 1. The van der Waals surface area contributed by atoms with Crippen LogP contribution in [-0.4, -0.2) is 10.9 Å². The lowest BCUT2D eigenvalue weighted by Gasteiger charge is -2.18. The molecule has 1 aliphatic rings. The van der Waals surface area contributed by atoms with Crippen LogP contribution in [0, 0.1) is 6.92 Å². The van der Waals surface area contributed by atoms with E-state index in [2.05, 4.69) is 6.58 Å². The number of carbonyl (C=O) groups is 1. The first-order valence-corrected chi connectivity index (χ1v) is 7.19. The molecule has 0 fully saturated rings. The van der Waals surface area contributed by atoms with Crippen molar-refractivity contribution in [3.05, 3.63) is 76.9 Å². The number of rotatable bonds is 3. The molecule has 0 radical (unpaired) electrons. The molecular formula is C19H18O2. The monoisotopic (exact) mass is 278 g/mol. The van der Waals surface area contributed by atoms with E-state index in [9.17, 15) is 9.90 Å². The van der Waals surface area contributed by atoms with Crippen molar-refractivity contribution in [3.8, 4) is 5.75 Å². The fourth-order valence-electron chi connectivity index (χ4n) is 3.20. The third-order valence-corrected chi connectivity index (χ3v) is 4.27. The van der Waals surface area contributed by atoms with Crippen LogP contribution in [0.1, 0.15) is 45.0 Å². The number of hydrogen-bond donors (Lipinski definition) is 1. The Morgan fingerprint density at radius 3 is 2.62 bits per heavy atom. The number of Topliss-reactive ketones (excluding diaryl/α,β-unsaturated/α-hetero) is 1. The average molecular weight is 278 g/mol. The highest BCUT2D eigenvalue weighted by atomic mass is 16.3. The number of aryl methyl sites for hydroxylation is 1. The maximum Gasteiger partial charge on any atom is 0.167 e. The summed E-state index contributed by atoms with van der Waals surface area (Å²) in [4.78, 5) is 12.1. The molecule has 3 rings (SSSR count). The zero-order chi connectivity index (χ0) is 15.0. The van der Waals surface area contributed by atoms with Crippen LogP contribution < -0.4 is 0 Å². The Kier molecular flexibility index (Phi) is 3.38. The summed E-state index contributed by atoms with van der Waals surface area (Å²) < 4.78 is 0. The Hall–Kier alpha value is -2.35. The molecule has 0 saturated heterocycles. The van der Waals surface area contributed by atoms with Crippen LogP contribution in [0.15, 0.2) is 49.1 Å². The van der Waals surface area contributed by atoms with Gasteiger partial charge in [0.05, 0.1) is 5.56 Å². The van der Waals surface area contributed by atoms with Crippen molar-refractivity contribution in [1.82, 2.24) is 0 Å². The zero-order valence-electron chi connectivity index (χ0n) is 12.1. The predicted molar refractivity (Wildman–Crippen MR) is 84.0 cm³/mol. The minimum atomic E-state index is -0.108. The molecule has 0 amide bonds. The Balaban J connectivity index is 2.19. The van der Waals surface area contributed by atoms with Gasteiger partial charge in [-0.3, -0.25) is 4.79 Å². The normalized spacial score (nSPS) is 14.8. The summed E-state index contributed by atoms with van der Waals surface area (Å²) in [5.41, 5.74) is 4.42. The summed E-state index contributed by atoms with van der Waals surface area (Å²) >= 11 is 0. The molecule has 0 saturated carbocycles. The van der Waals surface area contributed by atoms with Crippen molar-refractivity contribution in [1.29, 1.82) is 0 Å². The molecule has 0 aromatic heterocycles. The number of phenolic OH excluding ortho intramolecular Hbond substituents is 1. The lowest BCUT2D eigenvalue weighted by atomic mass is 9.87. The maximum absolute atomic E-state index is 12.1. The molecule has 2 heteroatoms. The summed E-state index contributed by atoms with van der Waals surface area (Å²) in [5.74, 6) is 0.0683. The van der Waals surface area contributed by atoms with Crippen LogP contribution in [0.5, 0.6) is 5.75 Å². The Bertz CT molecular complexity index is 714. The SMILES string of the molecule is C=CC(c1ccccc1)c1cc(C)c2c(c1O)C(=O)CC2. The van der Waals surface area contributed by atoms with Gasteiger partial charge >= 0.3 is 0 Å². The molecule has 2 aromatic rings. The van der Waals surface area contributed by atoms with Gasteiger partial charge in [-0.2, -0.15) is 0 Å². The molecule has 2 aromatic carbocycles. The number of phenols is 1. The molecule has 1 aliphatic carbocycles. The molecular weight excluding hydrogens is 260 g/mol. The van der Waals surface area contributed by atoms with Crippen LogP contribution >= 0.6 is 0 Å². The molecule has 1 N–H and O–H groups in total. The summed E-state index contributed by atoms with van der Waals surface area (Å²) in [6.07, 6.45) is 3.05. The van der Waals surface area contributed by atoms with E-state index in [0.29, 0.717) is 12.0 Å².